The Hall–Kier alpha value is -0.890. The van der Waals surface area contributed by atoms with Crippen LogP contribution in [0.3, 0.4) is 0 Å². The van der Waals surface area contributed by atoms with Crippen molar-refractivity contribution in [3.05, 3.63) is 30.1 Å². The molecule has 0 saturated heterocycles. The third-order valence-electron chi connectivity index (χ3n) is 4.03. The van der Waals surface area contributed by atoms with Gasteiger partial charge in [-0.2, -0.15) is 0 Å². The molecule has 1 aromatic rings. The molecular weight excluding hydrogens is 220 g/mol. The van der Waals surface area contributed by atoms with E-state index >= 15 is 0 Å². The third-order valence-corrected chi connectivity index (χ3v) is 4.03. The molecule has 1 heterocycles. The number of nitrogens with zero attached hydrogens (tertiary/aromatic N) is 1. The minimum Gasteiger partial charge on any atom is -0.313 e. The Kier molecular flexibility index (Phi) is 5.66. The summed E-state index contributed by atoms with van der Waals surface area (Å²) in [5.41, 5.74) is 1.23. The minimum absolute atomic E-state index is 0.625. The van der Waals surface area contributed by atoms with E-state index in [2.05, 4.69) is 29.4 Å². The lowest BCUT2D eigenvalue weighted by Crippen LogP contribution is -2.39. The smallest absolute Gasteiger partial charge is 0.0419 e. The highest BCUT2D eigenvalue weighted by Crippen LogP contribution is 2.27. The van der Waals surface area contributed by atoms with Gasteiger partial charge in [-0.15, -0.1) is 0 Å². The van der Waals surface area contributed by atoms with Crippen LogP contribution in [0.4, 0.5) is 0 Å². The number of aromatic nitrogens is 1. The normalized spacial score (nSPS) is 18.7. The highest BCUT2D eigenvalue weighted by Gasteiger charge is 2.23. The SMILES string of the molecule is CCCNC(Cc1ccccn1)C1CCCCC1. The van der Waals surface area contributed by atoms with Crippen LogP contribution in [0.2, 0.25) is 0 Å². The van der Waals surface area contributed by atoms with Crippen LogP contribution in [-0.4, -0.2) is 17.6 Å². The van der Waals surface area contributed by atoms with Gasteiger partial charge >= 0.3 is 0 Å². The first-order valence-corrected chi connectivity index (χ1v) is 7.53. The van der Waals surface area contributed by atoms with Gasteiger partial charge in [-0.1, -0.05) is 32.3 Å². The number of rotatable bonds is 6. The maximum absolute atomic E-state index is 4.48. The molecule has 100 valence electrons. The Bertz CT molecular complexity index is 317. The van der Waals surface area contributed by atoms with Gasteiger partial charge in [0.1, 0.15) is 0 Å². The first-order chi connectivity index (χ1) is 8.90. The average Bonchev–Trinajstić information content (AvgIpc) is 2.45. The van der Waals surface area contributed by atoms with E-state index in [0.29, 0.717) is 6.04 Å². The highest BCUT2D eigenvalue weighted by molar-refractivity contribution is 5.06. The average molecular weight is 246 g/mol. The quantitative estimate of drug-likeness (QED) is 0.830. The van der Waals surface area contributed by atoms with E-state index in [1.54, 1.807) is 0 Å². The van der Waals surface area contributed by atoms with Crippen LogP contribution in [0.25, 0.3) is 0 Å². The Morgan fingerprint density at radius 3 is 2.78 bits per heavy atom. The molecule has 0 spiro atoms. The van der Waals surface area contributed by atoms with Gasteiger partial charge in [0.15, 0.2) is 0 Å². The minimum atomic E-state index is 0.625. The van der Waals surface area contributed by atoms with E-state index in [9.17, 15) is 0 Å². The van der Waals surface area contributed by atoms with E-state index < -0.39 is 0 Å². The molecule has 1 N–H and O–H groups in total. The Morgan fingerprint density at radius 2 is 2.11 bits per heavy atom. The maximum atomic E-state index is 4.48. The second-order valence-corrected chi connectivity index (χ2v) is 5.48. The molecule has 1 aliphatic rings. The fourth-order valence-electron chi connectivity index (χ4n) is 3.02. The highest BCUT2D eigenvalue weighted by atomic mass is 14.9. The van der Waals surface area contributed by atoms with E-state index in [1.165, 1.54) is 44.2 Å². The lowest BCUT2D eigenvalue weighted by Gasteiger charge is -2.31. The van der Waals surface area contributed by atoms with E-state index in [1.807, 2.05) is 12.3 Å². The summed E-state index contributed by atoms with van der Waals surface area (Å²) in [5, 5.41) is 3.75. The maximum Gasteiger partial charge on any atom is 0.0419 e. The summed E-state index contributed by atoms with van der Waals surface area (Å²) in [5.74, 6) is 0.854. The summed E-state index contributed by atoms with van der Waals surface area (Å²) in [6.07, 6.45) is 11.3. The molecule has 2 rings (SSSR count). The van der Waals surface area contributed by atoms with Crippen LogP contribution < -0.4 is 5.32 Å². The molecule has 2 heteroatoms. The van der Waals surface area contributed by atoms with Crippen molar-refractivity contribution in [2.75, 3.05) is 6.54 Å². The van der Waals surface area contributed by atoms with Crippen molar-refractivity contribution in [1.29, 1.82) is 0 Å². The van der Waals surface area contributed by atoms with Gasteiger partial charge in [-0.25, -0.2) is 0 Å². The van der Waals surface area contributed by atoms with Crippen LogP contribution in [0.15, 0.2) is 24.4 Å². The van der Waals surface area contributed by atoms with Crippen molar-refractivity contribution in [2.45, 2.75) is 57.9 Å². The van der Waals surface area contributed by atoms with Gasteiger partial charge in [-0.3, -0.25) is 4.98 Å². The fourth-order valence-corrected chi connectivity index (χ4v) is 3.02. The van der Waals surface area contributed by atoms with Gasteiger partial charge in [0, 0.05) is 24.4 Å². The molecule has 0 aromatic carbocycles. The van der Waals surface area contributed by atoms with Crippen LogP contribution >= 0.6 is 0 Å². The van der Waals surface area contributed by atoms with Crippen LogP contribution in [-0.2, 0) is 6.42 Å². The summed E-state index contributed by atoms with van der Waals surface area (Å²) in [6.45, 7) is 3.37. The standard InChI is InChI=1S/C16H26N2/c1-2-11-18-16(14-8-4-3-5-9-14)13-15-10-6-7-12-17-15/h6-7,10,12,14,16,18H,2-5,8-9,11,13H2,1H3. The Morgan fingerprint density at radius 1 is 1.28 bits per heavy atom. The van der Waals surface area contributed by atoms with Crippen molar-refractivity contribution in [3.8, 4) is 0 Å². The van der Waals surface area contributed by atoms with E-state index in [4.69, 9.17) is 0 Å². The zero-order valence-electron chi connectivity index (χ0n) is 11.6. The summed E-state index contributed by atoms with van der Waals surface area (Å²) < 4.78 is 0. The fraction of sp³-hybridized carbons (Fsp3) is 0.688. The molecule has 1 fully saturated rings. The zero-order chi connectivity index (χ0) is 12.6. The van der Waals surface area contributed by atoms with Gasteiger partial charge < -0.3 is 5.32 Å². The molecule has 1 unspecified atom stereocenters. The van der Waals surface area contributed by atoms with Crippen molar-refractivity contribution in [3.63, 3.8) is 0 Å². The summed E-state index contributed by atoms with van der Waals surface area (Å²) in [7, 11) is 0. The van der Waals surface area contributed by atoms with Crippen molar-refractivity contribution >= 4 is 0 Å². The van der Waals surface area contributed by atoms with Gasteiger partial charge in [0.05, 0.1) is 0 Å². The van der Waals surface area contributed by atoms with Crippen LogP contribution in [0.1, 0.15) is 51.1 Å². The third kappa shape index (κ3) is 4.09. The molecule has 0 aliphatic heterocycles. The molecule has 1 aromatic heterocycles. The molecule has 1 atom stereocenters. The summed E-state index contributed by atoms with van der Waals surface area (Å²) in [4.78, 5) is 4.48. The predicted molar refractivity (Wildman–Crippen MR) is 76.6 cm³/mol. The Balaban J connectivity index is 1.95. The lowest BCUT2D eigenvalue weighted by molar-refractivity contribution is 0.266. The number of nitrogens with one attached hydrogen (secondary N) is 1. The lowest BCUT2D eigenvalue weighted by atomic mass is 9.82. The van der Waals surface area contributed by atoms with E-state index in [0.717, 1.165) is 18.9 Å². The molecule has 2 nitrogen and oxygen atoms in total. The first-order valence-electron chi connectivity index (χ1n) is 7.53. The molecule has 0 radical (unpaired) electrons. The van der Waals surface area contributed by atoms with Gasteiger partial charge in [0.2, 0.25) is 0 Å². The second kappa shape index (κ2) is 7.52. The van der Waals surface area contributed by atoms with Crippen molar-refractivity contribution in [2.24, 2.45) is 5.92 Å². The second-order valence-electron chi connectivity index (χ2n) is 5.48. The summed E-state index contributed by atoms with van der Waals surface area (Å²) >= 11 is 0. The monoisotopic (exact) mass is 246 g/mol. The predicted octanol–water partition coefficient (Wildman–Crippen LogP) is 3.57. The van der Waals surface area contributed by atoms with Crippen LogP contribution in [0.5, 0.6) is 0 Å². The molecule has 1 saturated carbocycles. The zero-order valence-corrected chi connectivity index (χ0v) is 11.6. The largest absolute Gasteiger partial charge is 0.313 e. The Labute approximate surface area is 111 Å². The van der Waals surface area contributed by atoms with Gasteiger partial charge in [0.25, 0.3) is 0 Å². The molecule has 0 bridgehead atoms. The number of hydrogen-bond acceptors (Lipinski definition) is 2. The molecular formula is C16H26N2. The van der Waals surface area contributed by atoms with Crippen LogP contribution in [0, 0.1) is 5.92 Å². The molecule has 1 aliphatic carbocycles. The molecule has 0 amide bonds. The molecule has 18 heavy (non-hydrogen) atoms. The van der Waals surface area contributed by atoms with Crippen molar-refractivity contribution < 1.29 is 0 Å². The van der Waals surface area contributed by atoms with Gasteiger partial charge in [-0.05, 0) is 43.9 Å². The number of hydrogen-bond donors (Lipinski definition) is 1. The topological polar surface area (TPSA) is 24.9 Å². The number of pyridine rings is 1. The summed E-state index contributed by atoms with van der Waals surface area (Å²) in [6, 6.07) is 6.88. The van der Waals surface area contributed by atoms with Crippen molar-refractivity contribution in [1.82, 2.24) is 10.3 Å². The first kappa shape index (κ1) is 13.5. The van der Waals surface area contributed by atoms with E-state index in [-0.39, 0.29) is 0 Å².